The van der Waals surface area contributed by atoms with E-state index in [1.54, 1.807) is 13.8 Å². The molecule has 0 radical (unpaired) electrons. The van der Waals surface area contributed by atoms with Gasteiger partial charge in [0.05, 0.1) is 19.8 Å². The molecule has 1 N–H and O–H groups in total. The van der Waals surface area contributed by atoms with Crippen LogP contribution in [0.25, 0.3) is 0 Å². The van der Waals surface area contributed by atoms with Gasteiger partial charge in [-0.15, -0.1) is 0 Å². The molecule has 0 amide bonds. The summed E-state index contributed by atoms with van der Waals surface area (Å²) in [5, 5.41) is 3.41. The molecule has 0 saturated carbocycles. The Morgan fingerprint density at radius 1 is 0.875 bits per heavy atom. The van der Waals surface area contributed by atoms with Crippen LogP contribution in [-0.2, 0) is 31.0 Å². The zero-order chi connectivity index (χ0) is 23.3. The van der Waals surface area contributed by atoms with Crippen LogP contribution in [0.15, 0.2) is 36.0 Å². The number of rotatable bonds is 17. The van der Waals surface area contributed by atoms with Crippen molar-refractivity contribution in [3.05, 3.63) is 47.2 Å². The quantitative estimate of drug-likeness (QED) is 0.194. The second-order valence-corrected chi connectivity index (χ2v) is 10.6. The van der Waals surface area contributed by atoms with Gasteiger partial charge in [-0.3, -0.25) is 13.6 Å². The third-order valence-corrected chi connectivity index (χ3v) is 7.67. The smallest absolute Gasteiger partial charge is 0.388 e. The molecule has 1 heterocycles. The number of hydrogen-bond donors (Lipinski definition) is 1. The SMILES string of the molecule is CCCCCCCCc1ccc(CC[C@]2(COP(=O)(OCC)OCC)C=C(C)NC2)cc1. The van der Waals surface area contributed by atoms with Gasteiger partial charge in [-0.2, -0.15) is 0 Å². The number of phosphoric ester groups is 1. The number of allylic oxidation sites excluding steroid dienone is 1. The molecule has 2 rings (SSSR count). The molecule has 1 atom stereocenters. The van der Waals surface area contributed by atoms with E-state index < -0.39 is 7.82 Å². The largest absolute Gasteiger partial charge is 0.474 e. The Labute approximate surface area is 195 Å². The summed E-state index contributed by atoms with van der Waals surface area (Å²) in [7, 11) is -3.51. The van der Waals surface area contributed by atoms with Crippen molar-refractivity contribution in [2.24, 2.45) is 5.41 Å². The number of phosphoric acid groups is 1. The Balaban J connectivity index is 1.87. The maximum absolute atomic E-state index is 12.8. The fourth-order valence-electron chi connectivity index (χ4n) is 4.21. The van der Waals surface area contributed by atoms with E-state index in [-0.39, 0.29) is 5.41 Å². The van der Waals surface area contributed by atoms with E-state index in [1.165, 1.54) is 56.1 Å². The lowest BCUT2D eigenvalue weighted by Crippen LogP contribution is -2.31. The first-order valence-electron chi connectivity index (χ1n) is 12.5. The van der Waals surface area contributed by atoms with Gasteiger partial charge in [0.1, 0.15) is 0 Å². The maximum Gasteiger partial charge on any atom is 0.474 e. The molecule has 0 bridgehead atoms. The Morgan fingerprint density at radius 2 is 1.47 bits per heavy atom. The normalized spacial score (nSPS) is 18.6. The molecule has 0 fully saturated rings. The minimum Gasteiger partial charge on any atom is -0.388 e. The lowest BCUT2D eigenvalue weighted by atomic mass is 9.84. The highest BCUT2D eigenvalue weighted by atomic mass is 31.2. The van der Waals surface area contributed by atoms with Gasteiger partial charge in [-0.1, -0.05) is 69.4 Å². The second kappa shape index (κ2) is 14.2. The molecule has 0 saturated heterocycles. The highest BCUT2D eigenvalue weighted by Crippen LogP contribution is 2.51. The average molecular weight is 466 g/mol. The van der Waals surface area contributed by atoms with Gasteiger partial charge >= 0.3 is 7.82 Å². The van der Waals surface area contributed by atoms with Crippen LogP contribution in [-0.4, -0.2) is 26.4 Å². The average Bonchev–Trinajstić information content (AvgIpc) is 3.16. The van der Waals surface area contributed by atoms with Crippen LogP contribution in [0.2, 0.25) is 0 Å². The van der Waals surface area contributed by atoms with Crippen molar-refractivity contribution in [2.45, 2.75) is 85.5 Å². The minimum absolute atomic E-state index is 0.217. The predicted molar refractivity (Wildman–Crippen MR) is 133 cm³/mol. The highest BCUT2D eigenvalue weighted by Gasteiger charge is 2.36. The summed E-state index contributed by atoms with van der Waals surface area (Å²) in [6.07, 6.45) is 13.2. The first kappa shape index (κ1) is 27.1. The van der Waals surface area contributed by atoms with E-state index in [1.807, 2.05) is 0 Å². The number of nitrogens with one attached hydrogen (secondary N) is 1. The van der Waals surface area contributed by atoms with E-state index in [2.05, 4.69) is 49.5 Å². The molecule has 6 heteroatoms. The summed E-state index contributed by atoms with van der Waals surface area (Å²) in [5.41, 5.74) is 3.66. The maximum atomic E-state index is 12.8. The molecule has 1 aromatic rings. The zero-order valence-electron chi connectivity index (χ0n) is 20.7. The van der Waals surface area contributed by atoms with Crippen LogP contribution >= 0.6 is 7.82 Å². The van der Waals surface area contributed by atoms with Crippen molar-refractivity contribution >= 4 is 7.82 Å². The Kier molecular flexibility index (Phi) is 12.0. The molecule has 0 aliphatic carbocycles. The topological polar surface area (TPSA) is 56.8 Å². The second-order valence-electron chi connectivity index (χ2n) is 8.93. The number of hydrogen-bond acceptors (Lipinski definition) is 5. The van der Waals surface area contributed by atoms with Gasteiger partial charge in [-0.05, 0) is 57.6 Å². The van der Waals surface area contributed by atoms with Crippen LogP contribution in [0.1, 0.15) is 83.8 Å². The predicted octanol–water partition coefficient (Wildman–Crippen LogP) is 7.21. The first-order valence-corrected chi connectivity index (χ1v) is 13.9. The van der Waals surface area contributed by atoms with Gasteiger partial charge in [0.15, 0.2) is 0 Å². The van der Waals surface area contributed by atoms with E-state index >= 15 is 0 Å². The van der Waals surface area contributed by atoms with Crippen molar-refractivity contribution in [3.63, 3.8) is 0 Å². The molecular formula is C26H44NO4P. The molecule has 5 nitrogen and oxygen atoms in total. The van der Waals surface area contributed by atoms with Crippen molar-refractivity contribution in [2.75, 3.05) is 26.4 Å². The van der Waals surface area contributed by atoms with Crippen molar-refractivity contribution in [1.29, 1.82) is 0 Å². The molecular weight excluding hydrogens is 421 g/mol. The van der Waals surface area contributed by atoms with Crippen molar-refractivity contribution < 1.29 is 18.1 Å². The minimum atomic E-state index is -3.51. The third kappa shape index (κ3) is 9.39. The number of unbranched alkanes of at least 4 members (excludes halogenated alkanes) is 5. The Hall–Kier alpha value is -1.13. The van der Waals surface area contributed by atoms with Crippen LogP contribution < -0.4 is 5.32 Å². The highest BCUT2D eigenvalue weighted by molar-refractivity contribution is 7.48. The van der Waals surface area contributed by atoms with Crippen LogP contribution in [0, 0.1) is 5.41 Å². The van der Waals surface area contributed by atoms with E-state index in [0.29, 0.717) is 19.8 Å². The molecule has 0 aromatic heterocycles. The van der Waals surface area contributed by atoms with Crippen molar-refractivity contribution in [1.82, 2.24) is 5.32 Å². The summed E-state index contributed by atoms with van der Waals surface area (Å²) in [5.74, 6) is 0. The van der Waals surface area contributed by atoms with Crippen LogP contribution in [0.5, 0.6) is 0 Å². The zero-order valence-corrected chi connectivity index (χ0v) is 21.6. The van der Waals surface area contributed by atoms with E-state index in [9.17, 15) is 4.57 Å². The summed E-state index contributed by atoms with van der Waals surface area (Å²) in [4.78, 5) is 0. The summed E-state index contributed by atoms with van der Waals surface area (Å²) in [6, 6.07) is 9.06. The summed E-state index contributed by atoms with van der Waals surface area (Å²) < 4.78 is 29.1. The Bertz CT molecular complexity index is 724. The molecule has 0 spiro atoms. The standard InChI is InChI=1S/C26H44NO4P/c1-5-8-9-10-11-12-13-24-14-16-25(17-15-24)18-19-26(20-23(4)27-21-26)22-31-32(28,29-6-2)30-7-3/h14-17,20,27H,5-13,18-19,21-22H2,1-4H3/t26-/m0/s1. The van der Waals surface area contributed by atoms with Gasteiger partial charge in [-0.25, -0.2) is 4.57 Å². The number of benzene rings is 1. The summed E-state index contributed by atoms with van der Waals surface area (Å²) >= 11 is 0. The van der Waals surface area contributed by atoms with Gasteiger partial charge in [0.25, 0.3) is 0 Å². The fraction of sp³-hybridized carbons (Fsp3) is 0.692. The lowest BCUT2D eigenvalue weighted by molar-refractivity contribution is 0.0897. The monoisotopic (exact) mass is 465 g/mol. The van der Waals surface area contributed by atoms with E-state index in [0.717, 1.165) is 25.1 Å². The third-order valence-electron chi connectivity index (χ3n) is 6.08. The fourth-order valence-corrected chi connectivity index (χ4v) is 5.48. The van der Waals surface area contributed by atoms with Gasteiger partial charge < -0.3 is 5.32 Å². The molecule has 182 valence electrons. The summed E-state index contributed by atoms with van der Waals surface area (Å²) in [6.45, 7) is 9.58. The molecule has 0 unspecified atom stereocenters. The molecule has 1 aromatic carbocycles. The molecule has 1 aliphatic rings. The van der Waals surface area contributed by atoms with Gasteiger partial charge in [0, 0.05) is 17.7 Å². The number of aryl methyl sites for hydroxylation is 2. The van der Waals surface area contributed by atoms with E-state index in [4.69, 9.17) is 13.6 Å². The van der Waals surface area contributed by atoms with Gasteiger partial charge in [0.2, 0.25) is 0 Å². The Morgan fingerprint density at radius 3 is 2.03 bits per heavy atom. The van der Waals surface area contributed by atoms with Crippen LogP contribution in [0.4, 0.5) is 0 Å². The first-order chi connectivity index (χ1) is 15.4. The molecule has 32 heavy (non-hydrogen) atoms. The van der Waals surface area contributed by atoms with Crippen molar-refractivity contribution in [3.8, 4) is 0 Å². The lowest BCUT2D eigenvalue weighted by Gasteiger charge is -2.28. The molecule has 1 aliphatic heterocycles. The van der Waals surface area contributed by atoms with Crippen LogP contribution in [0.3, 0.4) is 0 Å².